The second-order valence-electron chi connectivity index (χ2n) is 6.43. The van der Waals surface area contributed by atoms with Crippen LogP contribution >= 0.6 is 22.9 Å². The van der Waals surface area contributed by atoms with Crippen molar-refractivity contribution in [3.63, 3.8) is 0 Å². The molecule has 0 amide bonds. The molecule has 126 valence electrons. The average molecular weight is 363 g/mol. The Bertz CT molecular complexity index is 940. The van der Waals surface area contributed by atoms with Gasteiger partial charge in [0.1, 0.15) is 9.88 Å². The first-order valence-electron chi connectivity index (χ1n) is 7.77. The highest BCUT2D eigenvalue weighted by Gasteiger charge is 2.17. The van der Waals surface area contributed by atoms with Crippen molar-refractivity contribution in [3.05, 3.63) is 39.5 Å². The predicted molar refractivity (Wildman–Crippen MR) is 99.3 cm³/mol. The summed E-state index contributed by atoms with van der Waals surface area (Å²) in [7, 11) is 2.03. The second kappa shape index (κ2) is 6.22. The third-order valence-electron chi connectivity index (χ3n) is 4.04. The Morgan fingerprint density at radius 2 is 2.08 bits per heavy atom. The third-order valence-corrected chi connectivity index (χ3v) is 5.52. The highest BCUT2D eigenvalue weighted by atomic mass is 35.5. The molecule has 0 radical (unpaired) electrons. The number of halogens is 1. The van der Waals surface area contributed by atoms with Gasteiger partial charge in [0.15, 0.2) is 0 Å². The van der Waals surface area contributed by atoms with Gasteiger partial charge in [0.25, 0.3) is 0 Å². The lowest BCUT2D eigenvalue weighted by Crippen LogP contribution is -2.00. The maximum Gasteiger partial charge on any atom is 0.347 e. The van der Waals surface area contributed by atoms with Gasteiger partial charge in [0.2, 0.25) is 0 Å². The monoisotopic (exact) mass is 362 g/mol. The molecule has 3 aromatic rings. The molecule has 2 aromatic heterocycles. The number of nitrogens with zero attached hydrogens (tertiary/aromatic N) is 2. The van der Waals surface area contributed by atoms with Crippen molar-refractivity contribution >= 4 is 39.8 Å². The van der Waals surface area contributed by atoms with Crippen molar-refractivity contribution in [3.8, 4) is 10.6 Å². The average Bonchev–Trinajstić information content (AvgIpc) is 3.00. The lowest BCUT2D eigenvalue weighted by Gasteiger charge is -2.07. The number of hydrogen-bond acceptors (Lipinski definition) is 3. The number of aromatic carboxylic acids is 1. The van der Waals surface area contributed by atoms with Crippen molar-refractivity contribution in [2.75, 3.05) is 0 Å². The molecule has 2 heterocycles. The molecule has 3 rings (SSSR count). The highest BCUT2D eigenvalue weighted by Crippen LogP contribution is 2.35. The maximum atomic E-state index is 11.2. The van der Waals surface area contributed by atoms with E-state index < -0.39 is 5.97 Å². The van der Waals surface area contributed by atoms with E-state index in [0.717, 1.165) is 22.9 Å². The minimum absolute atomic E-state index is 0.273. The van der Waals surface area contributed by atoms with E-state index in [4.69, 9.17) is 11.6 Å². The van der Waals surface area contributed by atoms with Crippen LogP contribution in [0.2, 0.25) is 5.02 Å². The van der Waals surface area contributed by atoms with Gasteiger partial charge >= 0.3 is 5.97 Å². The van der Waals surface area contributed by atoms with Crippen LogP contribution in [0.25, 0.3) is 21.5 Å². The second-order valence-corrected chi connectivity index (χ2v) is 7.83. The number of rotatable bonds is 4. The number of carboxylic acids is 1. The molecule has 0 aliphatic heterocycles. The quantitative estimate of drug-likeness (QED) is 0.697. The molecule has 24 heavy (non-hydrogen) atoms. The van der Waals surface area contributed by atoms with E-state index in [2.05, 4.69) is 29.5 Å². The number of thiazole rings is 1. The summed E-state index contributed by atoms with van der Waals surface area (Å²) >= 11 is 7.70. The summed E-state index contributed by atoms with van der Waals surface area (Å²) in [6, 6.07) is 6.06. The van der Waals surface area contributed by atoms with E-state index in [9.17, 15) is 9.90 Å². The van der Waals surface area contributed by atoms with Crippen LogP contribution in [-0.2, 0) is 13.5 Å². The molecule has 1 aromatic carbocycles. The first-order chi connectivity index (χ1) is 11.3. The fourth-order valence-electron chi connectivity index (χ4n) is 2.96. The lowest BCUT2D eigenvalue weighted by molar-refractivity contribution is 0.0701. The fraction of sp³-hybridized carbons (Fsp3) is 0.333. The van der Waals surface area contributed by atoms with E-state index in [1.165, 1.54) is 17.0 Å². The van der Waals surface area contributed by atoms with Gasteiger partial charge in [-0.3, -0.25) is 0 Å². The zero-order valence-corrected chi connectivity index (χ0v) is 15.6. The van der Waals surface area contributed by atoms with E-state index in [-0.39, 0.29) is 4.88 Å². The molecule has 4 nitrogen and oxygen atoms in total. The van der Waals surface area contributed by atoms with Crippen LogP contribution in [0.15, 0.2) is 18.2 Å². The van der Waals surface area contributed by atoms with Gasteiger partial charge in [-0.05, 0) is 37.5 Å². The normalized spacial score (nSPS) is 11.6. The van der Waals surface area contributed by atoms with Crippen molar-refractivity contribution in [1.29, 1.82) is 0 Å². The topological polar surface area (TPSA) is 55.1 Å². The van der Waals surface area contributed by atoms with Crippen LogP contribution in [0.3, 0.4) is 0 Å². The molecular weight excluding hydrogens is 344 g/mol. The van der Waals surface area contributed by atoms with Crippen LogP contribution < -0.4 is 0 Å². The minimum atomic E-state index is -0.942. The van der Waals surface area contributed by atoms with E-state index >= 15 is 0 Å². The van der Waals surface area contributed by atoms with Gasteiger partial charge in [-0.1, -0.05) is 25.4 Å². The summed E-state index contributed by atoms with van der Waals surface area (Å²) < 4.78 is 2.14. The van der Waals surface area contributed by atoms with Crippen molar-refractivity contribution in [2.45, 2.75) is 27.2 Å². The largest absolute Gasteiger partial charge is 0.477 e. The Morgan fingerprint density at radius 3 is 2.67 bits per heavy atom. The molecule has 0 fully saturated rings. The smallest absolute Gasteiger partial charge is 0.347 e. The number of hydrogen-bond donors (Lipinski definition) is 1. The van der Waals surface area contributed by atoms with Gasteiger partial charge < -0.3 is 9.67 Å². The van der Waals surface area contributed by atoms with Crippen molar-refractivity contribution in [2.24, 2.45) is 13.0 Å². The van der Waals surface area contributed by atoms with Crippen molar-refractivity contribution in [1.82, 2.24) is 9.55 Å². The molecule has 0 aliphatic carbocycles. The molecule has 0 saturated carbocycles. The van der Waals surface area contributed by atoms with Crippen LogP contribution in [0, 0.1) is 12.8 Å². The Labute approximate surface area is 149 Å². The predicted octanol–water partition coefficient (Wildman–Crippen LogP) is 5.16. The fourth-order valence-corrected chi connectivity index (χ4v) is 4.21. The first-order valence-corrected chi connectivity index (χ1v) is 8.96. The summed E-state index contributed by atoms with van der Waals surface area (Å²) in [5.41, 5.74) is 3.63. The van der Waals surface area contributed by atoms with Crippen LogP contribution in [0.4, 0.5) is 0 Å². The summed E-state index contributed by atoms with van der Waals surface area (Å²) in [6.45, 7) is 6.10. The SMILES string of the molecule is Cc1nc(-c2cc(Cl)c3c(c2)cc(CC(C)C)n3C)sc1C(=O)O. The Kier molecular flexibility index (Phi) is 4.40. The van der Waals surface area contributed by atoms with Gasteiger partial charge in [-0.15, -0.1) is 11.3 Å². The minimum Gasteiger partial charge on any atom is -0.477 e. The zero-order valence-electron chi connectivity index (χ0n) is 14.1. The molecular formula is C18H19ClN2O2S. The van der Waals surface area contributed by atoms with Crippen LogP contribution in [-0.4, -0.2) is 20.6 Å². The maximum absolute atomic E-state index is 11.2. The molecule has 1 N–H and O–H groups in total. The molecule has 0 atom stereocenters. The van der Waals surface area contributed by atoms with E-state index in [1.54, 1.807) is 6.92 Å². The van der Waals surface area contributed by atoms with Crippen molar-refractivity contribution < 1.29 is 9.90 Å². The molecule has 0 saturated heterocycles. The standard InChI is InChI=1S/C18H19ClN2O2S/c1-9(2)5-13-7-11-6-12(8-14(19)15(11)21(13)4)17-20-10(3)16(24-17)18(22)23/h6-9H,5H2,1-4H3,(H,22,23). The third kappa shape index (κ3) is 2.94. The summed E-state index contributed by atoms with van der Waals surface area (Å²) in [5.74, 6) is -0.381. The molecule has 0 unspecified atom stereocenters. The van der Waals surface area contributed by atoms with Gasteiger partial charge in [0.05, 0.1) is 16.2 Å². The Morgan fingerprint density at radius 1 is 1.38 bits per heavy atom. The number of aryl methyl sites for hydroxylation is 2. The Hall–Kier alpha value is -1.85. The summed E-state index contributed by atoms with van der Waals surface area (Å²) in [6.07, 6.45) is 0.983. The lowest BCUT2D eigenvalue weighted by atomic mass is 10.1. The van der Waals surface area contributed by atoms with E-state index in [1.807, 2.05) is 19.2 Å². The number of fused-ring (bicyclic) bond motifs is 1. The number of benzene rings is 1. The summed E-state index contributed by atoms with van der Waals surface area (Å²) in [4.78, 5) is 15.9. The number of aromatic nitrogens is 2. The van der Waals surface area contributed by atoms with Crippen LogP contribution in [0.1, 0.15) is 34.9 Å². The molecule has 0 aliphatic rings. The van der Waals surface area contributed by atoms with Gasteiger partial charge in [-0.25, -0.2) is 9.78 Å². The first kappa shape index (κ1) is 17.0. The zero-order chi connectivity index (χ0) is 17.6. The molecule has 0 spiro atoms. The Balaban J connectivity index is 2.14. The van der Waals surface area contributed by atoms with Gasteiger partial charge in [0, 0.05) is 23.7 Å². The summed E-state index contributed by atoms with van der Waals surface area (Å²) in [5, 5.41) is 11.6. The van der Waals surface area contributed by atoms with E-state index in [0.29, 0.717) is 21.6 Å². The molecule has 0 bridgehead atoms. The number of carbonyl (C=O) groups is 1. The molecule has 6 heteroatoms. The number of carboxylic acid groups (broad SMARTS) is 1. The van der Waals surface area contributed by atoms with Gasteiger partial charge in [-0.2, -0.15) is 0 Å². The highest BCUT2D eigenvalue weighted by molar-refractivity contribution is 7.17. The van der Waals surface area contributed by atoms with Crippen LogP contribution in [0.5, 0.6) is 0 Å².